The van der Waals surface area contributed by atoms with E-state index in [0.717, 1.165) is 10.0 Å². The van der Waals surface area contributed by atoms with E-state index in [1.165, 1.54) is 0 Å². The van der Waals surface area contributed by atoms with Gasteiger partial charge in [0.1, 0.15) is 6.54 Å². The van der Waals surface area contributed by atoms with Crippen LogP contribution in [-0.4, -0.2) is 29.3 Å². The van der Waals surface area contributed by atoms with Crippen LogP contribution >= 0.6 is 15.9 Å². The van der Waals surface area contributed by atoms with Crippen molar-refractivity contribution < 1.29 is 18.7 Å². The van der Waals surface area contributed by atoms with Crippen LogP contribution in [0.15, 0.2) is 57.4 Å². The third-order valence-electron chi connectivity index (χ3n) is 4.61. The zero-order valence-corrected chi connectivity index (χ0v) is 15.7. The summed E-state index contributed by atoms with van der Waals surface area (Å²) in [4.78, 5) is 14.7. The van der Waals surface area contributed by atoms with Crippen molar-refractivity contribution in [3.05, 3.63) is 64.5 Å². The van der Waals surface area contributed by atoms with Gasteiger partial charge in [0.05, 0.1) is 18.9 Å². The van der Waals surface area contributed by atoms with Crippen molar-refractivity contribution in [3.63, 3.8) is 0 Å². The van der Waals surface area contributed by atoms with Crippen molar-refractivity contribution in [2.75, 3.05) is 18.1 Å². The van der Waals surface area contributed by atoms with Crippen LogP contribution in [0.25, 0.3) is 11.5 Å². The average molecular weight is 428 g/mol. The van der Waals surface area contributed by atoms with Crippen LogP contribution in [0.1, 0.15) is 11.5 Å². The number of halogens is 1. The van der Waals surface area contributed by atoms with Crippen LogP contribution in [0.2, 0.25) is 0 Å². The van der Waals surface area contributed by atoms with Gasteiger partial charge in [-0.1, -0.05) is 34.1 Å². The number of hydrogen-bond donors (Lipinski definition) is 0. The Morgan fingerprint density at radius 2 is 1.85 bits per heavy atom. The highest BCUT2D eigenvalue weighted by Crippen LogP contribution is 2.47. The van der Waals surface area contributed by atoms with E-state index in [1.54, 1.807) is 4.90 Å². The molecule has 3 heterocycles. The molecule has 0 atom stereocenters. The van der Waals surface area contributed by atoms with Crippen molar-refractivity contribution in [1.82, 2.24) is 10.2 Å². The molecule has 1 amide bonds. The van der Waals surface area contributed by atoms with E-state index in [-0.39, 0.29) is 12.5 Å². The number of nitrogens with zero attached hydrogens (tertiary/aromatic N) is 3. The molecule has 0 bridgehead atoms. The predicted octanol–water partition coefficient (Wildman–Crippen LogP) is 3.25. The van der Waals surface area contributed by atoms with Crippen molar-refractivity contribution >= 4 is 27.5 Å². The minimum absolute atomic E-state index is 0.141. The Morgan fingerprint density at radius 3 is 2.63 bits per heavy atom. The molecule has 0 radical (unpaired) electrons. The molecule has 0 unspecified atom stereocenters. The highest BCUT2D eigenvalue weighted by Gasteiger charge is 2.56. The number of hydrogen-bond acceptors (Lipinski definition) is 6. The Hall–Kier alpha value is -2.55. The summed E-state index contributed by atoms with van der Waals surface area (Å²) in [5.74, 6) is -0.920. The third kappa shape index (κ3) is 2.60. The fourth-order valence-electron chi connectivity index (χ4n) is 3.41. The summed E-state index contributed by atoms with van der Waals surface area (Å²) in [5, 5.41) is 8.18. The number of fused-ring (bicyclic) bond motifs is 2. The Bertz CT molecular complexity index is 1010. The van der Waals surface area contributed by atoms with E-state index in [2.05, 4.69) is 26.1 Å². The second-order valence-corrected chi connectivity index (χ2v) is 7.15. The molecule has 0 aliphatic carbocycles. The Kier molecular flexibility index (Phi) is 3.85. The summed E-state index contributed by atoms with van der Waals surface area (Å²) in [6, 6.07) is 15.1. The molecule has 8 heteroatoms. The number of ether oxygens (including phenoxy) is 2. The summed E-state index contributed by atoms with van der Waals surface area (Å²) in [5.41, 5.74) is 2.22. The molecule has 2 aliphatic rings. The standard InChI is InChI=1S/C19H14BrN3O4/c20-13-6-7-15-14(10-13)19(25-8-9-26-19)18(24)23(15)11-16-21-22-17(27-16)12-4-2-1-3-5-12/h1-7,10H,8-9,11H2. The Morgan fingerprint density at radius 1 is 1.07 bits per heavy atom. The predicted molar refractivity (Wildman–Crippen MR) is 98.6 cm³/mol. The SMILES string of the molecule is O=C1N(Cc2nnc(-c3ccccc3)o2)c2ccc(Br)cc2C12OCCO2. The number of benzene rings is 2. The molecule has 5 rings (SSSR count). The highest BCUT2D eigenvalue weighted by molar-refractivity contribution is 9.10. The zero-order chi connectivity index (χ0) is 18.4. The van der Waals surface area contributed by atoms with Gasteiger partial charge in [-0.05, 0) is 30.3 Å². The third-order valence-corrected chi connectivity index (χ3v) is 5.10. The van der Waals surface area contributed by atoms with Crippen molar-refractivity contribution in [2.24, 2.45) is 0 Å². The summed E-state index contributed by atoms with van der Waals surface area (Å²) in [7, 11) is 0. The minimum atomic E-state index is -1.39. The molecular formula is C19H14BrN3O4. The van der Waals surface area contributed by atoms with Gasteiger partial charge in [0.2, 0.25) is 11.8 Å². The van der Waals surface area contributed by atoms with E-state index in [0.29, 0.717) is 36.2 Å². The van der Waals surface area contributed by atoms with Crippen LogP contribution in [-0.2, 0) is 26.6 Å². The zero-order valence-electron chi connectivity index (χ0n) is 14.1. The second kappa shape index (κ2) is 6.26. The lowest BCUT2D eigenvalue weighted by Crippen LogP contribution is -2.41. The van der Waals surface area contributed by atoms with Gasteiger partial charge in [0.25, 0.3) is 11.7 Å². The molecule has 0 N–H and O–H groups in total. The molecule has 2 aliphatic heterocycles. The van der Waals surface area contributed by atoms with Gasteiger partial charge in [-0.3, -0.25) is 9.69 Å². The van der Waals surface area contributed by atoms with E-state index in [4.69, 9.17) is 13.9 Å². The van der Waals surface area contributed by atoms with E-state index >= 15 is 0 Å². The summed E-state index contributed by atoms with van der Waals surface area (Å²) < 4.78 is 18.1. The topological polar surface area (TPSA) is 77.7 Å². The van der Waals surface area contributed by atoms with Crippen molar-refractivity contribution in [2.45, 2.75) is 12.3 Å². The summed E-state index contributed by atoms with van der Waals surface area (Å²) >= 11 is 3.45. The molecule has 1 fully saturated rings. The molecule has 1 saturated heterocycles. The van der Waals surface area contributed by atoms with Gasteiger partial charge >= 0.3 is 0 Å². The van der Waals surface area contributed by atoms with Crippen molar-refractivity contribution in [1.29, 1.82) is 0 Å². The van der Waals surface area contributed by atoms with Crippen LogP contribution in [0.3, 0.4) is 0 Å². The van der Waals surface area contributed by atoms with Crippen LogP contribution in [0, 0.1) is 0 Å². The Balaban J connectivity index is 1.50. The highest BCUT2D eigenvalue weighted by atomic mass is 79.9. The fourth-order valence-corrected chi connectivity index (χ4v) is 3.77. The lowest BCUT2D eigenvalue weighted by Gasteiger charge is -2.21. The number of rotatable bonds is 3. The molecule has 3 aromatic rings. The number of aromatic nitrogens is 2. The van der Waals surface area contributed by atoms with E-state index < -0.39 is 5.79 Å². The largest absolute Gasteiger partial charge is 0.419 e. The average Bonchev–Trinajstić information content (AvgIpc) is 3.41. The van der Waals surface area contributed by atoms with Gasteiger partial charge in [-0.15, -0.1) is 10.2 Å². The quantitative estimate of drug-likeness (QED) is 0.638. The summed E-state index contributed by atoms with van der Waals surface area (Å²) in [6.45, 7) is 0.871. The van der Waals surface area contributed by atoms with Crippen molar-refractivity contribution in [3.8, 4) is 11.5 Å². The first-order chi connectivity index (χ1) is 13.2. The van der Waals surface area contributed by atoms with Gasteiger partial charge < -0.3 is 13.9 Å². The maximum Gasteiger partial charge on any atom is 0.293 e. The van der Waals surface area contributed by atoms with Crippen LogP contribution in [0.5, 0.6) is 0 Å². The first kappa shape index (κ1) is 16.6. The molecule has 2 aromatic carbocycles. The normalized spacial score (nSPS) is 17.7. The first-order valence-electron chi connectivity index (χ1n) is 8.45. The van der Waals surface area contributed by atoms with Gasteiger partial charge in [0, 0.05) is 15.6 Å². The minimum Gasteiger partial charge on any atom is -0.419 e. The van der Waals surface area contributed by atoms with Crippen LogP contribution in [0.4, 0.5) is 5.69 Å². The second-order valence-electron chi connectivity index (χ2n) is 6.23. The molecule has 1 spiro atoms. The number of anilines is 1. The lowest BCUT2D eigenvalue weighted by atomic mass is 10.1. The lowest BCUT2D eigenvalue weighted by molar-refractivity contribution is -0.180. The molecule has 0 saturated carbocycles. The molecule has 1 aromatic heterocycles. The van der Waals surface area contributed by atoms with E-state index in [9.17, 15) is 4.79 Å². The monoisotopic (exact) mass is 427 g/mol. The van der Waals surface area contributed by atoms with Gasteiger partial charge in [0.15, 0.2) is 0 Å². The van der Waals surface area contributed by atoms with E-state index in [1.807, 2.05) is 48.5 Å². The van der Waals surface area contributed by atoms with Gasteiger partial charge in [-0.2, -0.15) is 0 Å². The molecular weight excluding hydrogens is 414 g/mol. The van der Waals surface area contributed by atoms with Gasteiger partial charge in [-0.25, -0.2) is 0 Å². The molecule has 136 valence electrons. The number of carbonyl (C=O) groups is 1. The number of amides is 1. The maximum absolute atomic E-state index is 13.1. The maximum atomic E-state index is 13.1. The molecule has 7 nitrogen and oxygen atoms in total. The Labute approximate surface area is 163 Å². The molecule has 27 heavy (non-hydrogen) atoms. The number of carbonyl (C=O) groups excluding carboxylic acids is 1. The smallest absolute Gasteiger partial charge is 0.293 e. The fraction of sp³-hybridized carbons (Fsp3) is 0.211. The summed E-state index contributed by atoms with van der Waals surface area (Å²) in [6.07, 6.45) is 0. The van der Waals surface area contributed by atoms with Crippen LogP contribution < -0.4 is 4.90 Å². The first-order valence-corrected chi connectivity index (χ1v) is 9.24.